The molecule has 8 heteroatoms. The Balaban J connectivity index is 1.89. The fourth-order valence-corrected chi connectivity index (χ4v) is 4.57. The van der Waals surface area contributed by atoms with Crippen molar-refractivity contribution >= 4 is 21.6 Å². The molecule has 1 fully saturated rings. The fraction of sp³-hybridized carbons (Fsp3) is 0.409. The number of hydrogen-bond donors (Lipinski definition) is 1. The lowest BCUT2D eigenvalue weighted by molar-refractivity contribution is 0.0758. The predicted molar refractivity (Wildman–Crippen MR) is 116 cm³/mol. The molecule has 1 heterocycles. The molecule has 0 bridgehead atoms. The van der Waals surface area contributed by atoms with Crippen molar-refractivity contribution in [2.24, 2.45) is 0 Å². The third-order valence-corrected chi connectivity index (χ3v) is 6.38. The van der Waals surface area contributed by atoms with E-state index in [2.05, 4.69) is 4.72 Å². The minimum absolute atomic E-state index is 0.00304. The average molecular weight is 433 g/mol. The molecule has 7 nitrogen and oxygen atoms in total. The van der Waals surface area contributed by atoms with E-state index < -0.39 is 10.0 Å². The number of nitrogens with zero attached hydrogens (tertiary/aromatic N) is 1. The van der Waals surface area contributed by atoms with Crippen LogP contribution in [0.1, 0.15) is 43.0 Å². The number of anilines is 1. The van der Waals surface area contributed by atoms with Crippen molar-refractivity contribution in [3.05, 3.63) is 48.0 Å². The second-order valence-electron chi connectivity index (χ2n) is 7.13. The van der Waals surface area contributed by atoms with Crippen LogP contribution in [-0.4, -0.2) is 46.0 Å². The second-order valence-corrected chi connectivity index (χ2v) is 8.82. The van der Waals surface area contributed by atoms with E-state index in [1.165, 1.54) is 25.3 Å². The van der Waals surface area contributed by atoms with Gasteiger partial charge >= 0.3 is 0 Å². The van der Waals surface area contributed by atoms with E-state index >= 15 is 0 Å². The second kappa shape index (κ2) is 9.84. The number of rotatable bonds is 7. The highest BCUT2D eigenvalue weighted by molar-refractivity contribution is 7.92. The van der Waals surface area contributed by atoms with Crippen LogP contribution in [0.3, 0.4) is 0 Å². The number of amides is 1. The van der Waals surface area contributed by atoms with Gasteiger partial charge in [0.2, 0.25) is 0 Å². The van der Waals surface area contributed by atoms with Crippen LogP contribution in [0, 0.1) is 0 Å². The minimum Gasteiger partial charge on any atom is -0.496 e. The number of ether oxygens (including phenoxy) is 2. The molecule has 1 saturated heterocycles. The third-order valence-electron chi connectivity index (χ3n) is 5.00. The van der Waals surface area contributed by atoms with Gasteiger partial charge in [-0.25, -0.2) is 8.42 Å². The van der Waals surface area contributed by atoms with Gasteiger partial charge in [0.25, 0.3) is 15.9 Å². The van der Waals surface area contributed by atoms with Gasteiger partial charge < -0.3 is 14.4 Å². The molecule has 30 heavy (non-hydrogen) atoms. The number of benzene rings is 2. The van der Waals surface area contributed by atoms with Gasteiger partial charge in [-0.1, -0.05) is 18.9 Å². The molecule has 0 aromatic heterocycles. The third kappa shape index (κ3) is 5.24. The molecule has 1 aliphatic rings. The van der Waals surface area contributed by atoms with E-state index in [0.29, 0.717) is 36.9 Å². The summed E-state index contributed by atoms with van der Waals surface area (Å²) in [4.78, 5) is 14.9. The van der Waals surface area contributed by atoms with E-state index in [0.717, 1.165) is 25.7 Å². The summed E-state index contributed by atoms with van der Waals surface area (Å²) in [6.45, 7) is 3.68. The highest BCUT2D eigenvalue weighted by Crippen LogP contribution is 2.27. The Morgan fingerprint density at radius 2 is 1.80 bits per heavy atom. The zero-order valence-electron chi connectivity index (χ0n) is 17.4. The fourth-order valence-electron chi connectivity index (χ4n) is 3.50. The topological polar surface area (TPSA) is 84.9 Å². The van der Waals surface area contributed by atoms with Crippen LogP contribution in [0.25, 0.3) is 0 Å². The maximum Gasteiger partial charge on any atom is 0.261 e. The first-order valence-electron chi connectivity index (χ1n) is 10.2. The number of carbonyl (C=O) groups is 1. The number of methoxy groups -OCH3 is 1. The maximum atomic E-state index is 13.1. The Hall–Kier alpha value is -2.74. The molecular formula is C22H28N2O5S. The molecule has 162 valence electrons. The first kappa shape index (κ1) is 22.0. The lowest BCUT2D eigenvalue weighted by atomic mass is 10.1. The van der Waals surface area contributed by atoms with Crippen molar-refractivity contribution in [3.63, 3.8) is 0 Å². The monoisotopic (exact) mass is 432 g/mol. The Morgan fingerprint density at radius 3 is 2.47 bits per heavy atom. The molecule has 2 aromatic rings. The summed E-state index contributed by atoms with van der Waals surface area (Å²) in [7, 11) is -2.42. The molecule has 1 N–H and O–H groups in total. The summed E-state index contributed by atoms with van der Waals surface area (Å²) in [6, 6.07) is 11.1. The summed E-state index contributed by atoms with van der Waals surface area (Å²) in [5.74, 6) is 0.732. The van der Waals surface area contributed by atoms with Crippen molar-refractivity contribution in [1.29, 1.82) is 0 Å². The summed E-state index contributed by atoms with van der Waals surface area (Å²) in [5, 5.41) is 0. The van der Waals surface area contributed by atoms with Gasteiger partial charge in [-0.2, -0.15) is 0 Å². The SMILES string of the molecule is CCOc1cccc(NS(=O)(=O)c2ccc(OC)c(C(=O)N3CCCCCC3)c2)c1. The van der Waals surface area contributed by atoms with Crippen LogP contribution >= 0.6 is 0 Å². The standard InChI is InChI=1S/C22H28N2O5S/c1-3-29-18-10-8-9-17(15-18)23-30(26,27)19-11-12-21(28-2)20(16-19)22(25)24-13-6-4-5-7-14-24/h8-12,15-16,23H,3-7,13-14H2,1-2H3. The summed E-state index contributed by atoms with van der Waals surface area (Å²) < 4.78 is 39.2. The zero-order chi connectivity index (χ0) is 21.6. The lowest BCUT2D eigenvalue weighted by Crippen LogP contribution is -2.32. The molecule has 0 spiro atoms. The van der Waals surface area contributed by atoms with Crippen molar-refractivity contribution < 1.29 is 22.7 Å². The van der Waals surface area contributed by atoms with E-state index in [1.54, 1.807) is 29.2 Å². The first-order chi connectivity index (χ1) is 14.4. The molecule has 1 aliphatic heterocycles. The molecule has 0 aliphatic carbocycles. The molecule has 2 aromatic carbocycles. The summed E-state index contributed by atoms with van der Waals surface area (Å²) in [5.41, 5.74) is 0.641. The number of hydrogen-bond acceptors (Lipinski definition) is 5. The molecule has 1 amide bonds. The number of sulfonamides is 1. The van der Waals surface area contributed by atoms with Crippen LogP contribution < -0.4 is 14.2 Å². The van der Waals surface area contributed by atoms with Crippen molar-refractivity contribution in [1.82, 2.24) is 4.90 Å². The zero-order valence-corrected chi connectivity index (χ0v) is 18.2. The van der Waals surface area contributed by atoms with Gasteiger partial charge in [-0.05, 0) is 50.1 Å². The van der Waals surface area contributed by atoms with Crippen LogP contribution in [0.4, 0.5) is 5.69 Å². The highest BCUT2D eigenvalue weighted by Gasteiger charge is 2.24. The van der Waals surface area contributed by atoms with Gasteiger partial charge in [-0.3, -0.25) is 9.52 Å². The lowest BCUT2D eigenvalue weighted by Gasteiger charge is -2.22. The molecule has 0 radical (unpaired) electrons. The van der Waals surface area contributed by atoms with Crippen LogP contribution in [0.15, 0.2) is 47.4 Å². The first-order valence-corrected chi connectivity index (χ1v) is 11.7. The van der Waals surface area contributed by atoms with E-state index in [-0.39, 0.29) is 16.4 Å². The van der Waals surface area contributed by atoms with Crippen LogP contribution in [0.2, 0.25) is 0 Å². The molecular weight excluding hydrogens is 404 g/mol. The van der Waals surface area contributed by atoms with Crippen molar-refractivity contribution in [2.75, 3.05) is 31.5 Å². The largest absolute Gasteiger partial charge is 0.496 e. The minimum atomic E-state index is -3.90. The molecule has 3 rings (SSSR count). The van der Waals surface area contributed by atoms with Crippen molar-refractivity contribution in [2.45, 2.75) is 37.5 Å². The van der Waals surface area contributed by atoms with Gasteiger partial charge in [0, 0.05) is 19.2 Å². The number of nitrogens with one attached hydrogen (secondary N) is 1. The van der Waals surface area contributed by atoms with Crippen LogP contribution in [0.5, 0.6) is 11.5 Å². The number of carbonyl (C=O) groups excluding carboxylic acids is 1. The Morgan fingerprint density at radius 1 is 1.07 bits per heavy atom. The Labute approximate surface area is 178 Å². The van der Waals surface area contributed by atoms with E-state index in [4.69, 9.17) is 9.47 Å². The maximum absolute atomic E-state index is 13.1. The van der Waals surface area contributed by atoms with Crippen LogP contribution in [-0.2, 0) is 10.0 Å². The molecule has 0 atom stereocenters. The Bertz CT molecular complexity index is 983. The van der Waals surface area contributed by atoms with E-state index in [9.17, 15) is 13.2 Å². The van der Waals surface area contributed by atoms with Gasteiger partial charge in [0.1, 0.15) is 11.5 Å². The highest BCUT2D eigenvalue weighted by atomic mass is 32.2. The molecule has 0 saturated carbocycles. The Kier molecular flexibility index (Phi) is 7.20. The summed E-state index contributed by atoms with van der Waals surface area (Å²) >= 11 is 0. The summed E-state index contributed by atoms with van der Waals surface area (Å²) in [6.07, 6.45) is 4.09. The van der Waals surface area contributed by atoms with Gasteiger partial charge in [0.05, 0.1) is 29.9 Å². The number of likely N-dealkylation sites (tertiary alicyclic amines) is 1. The quantitative estimate of drug-likeness (QED) is 0.717. The molecule has 0 unspecified atom stereocenters. The van der Waals surface area contributed by atoms with Crippen molar-refractivity contribution in [3.8, 4) is 11.5 Å². The normalized spacial score (nSPS) is 14.7. The smallest absolute Gasteiger partial charge is 0.261 e. The van der Waals surface area contributed by atoms with E-state index in [1.807, 2.05) is 6.92 Å². The predicted octanol–water partition coefficient (Wildman–Crippen LogP) is 3.91. The van der Waals surface area contributed by atoms with Gasteiger partial charge in [-0.15, -0.1) is 0 Å². The van der Waals surface area contributed by atoms with Gasteiger partial charge in [0.15, 0.2) is 0 Å². The average Bonchev–Trinajstić information content (AvgIpc) is 3.02.